The highest BCUT2D eigenvalue weighted by molar-refractivity contribution is 6.08. The predicted molar refractivity (Wildman–Crippen MR) is 120 cm³/mol. The standard InChI is InChI=1S/C25H21N3O3/c1-16-13-17(2)28(27-16)21-10-6-9-20(14-21)24(29)26-23-15-19(11-12-22(23)25(30)31)18-7-4-3-5-8-18/h3-15H,1-2H3,(H,26,29)(H,30,31). The largest absolute Gasteiger partial charge is 0.478 e. The molecule has 0 atom stereocenters. The van der Waals surface area contributed by atoms with Gasteiger partial charge in [-0.05, 0) is 61.4 Å². The Hall–Kier alpha value is -4.19. The van der Waals surface area contributed by atoms with Gasteiger partial charge in [0, 0.05) is 11.3 Å². The molecule has 0 fully saturated rings. The molecule has 6 heteroatoms. The van der Waals surface area contributed by atoms with Gasteiger partial charge in [-0.15, -0.1) is 0 Å². The molecule has 154 valence electrons. The third-order valence-corrected chi connectivity index (χ3v) is 4.97. The maximum Gasteiger partial charge on any atom is 0.337 e. The quantitative estimate of drug-likeness (QED) is 0.478. The number of carboxylic acids is 1. The summed E-state index contributed by atoms with van der Waals surface area (Å²) in [5, 5.41) is 16.8. The maximum atomic E-state index is 13.0. The summed E-state index contributed by atoms with van der Waals surface area (Å²) in [7, 11) is 0. The van der Waals surface area contributed by atoms with E-state index in [4.69, 9.17) is 0 Å². The van der Waals surface area contributed by atoms with Gasteiger partial charge in [0.1, 0.15) is 0 Å². The molecule has 3 aromatic carbocycles. The van der Waals surface area contributed by atoms with Crippen LogP contribution in [0.15, 0.2) is 78.9 Å². The number of benzene rings is 3. The van der Waals surface area contributed by atoms with E-state index < -0.39 is 11.9 Å². The Kier molecular flexibility index (Phi) is 5.37. The summed E-state index contributed by atoms with van der Waals surface area (Å²) < 4.78 is 1.77. The van der Waals surface area contributed by atoms with Crippen LogP contribution in [0.1, 0.15) is 32.1 Å². The molecule has 4 aromatic rings. The van der Waals surface area contributed by atoms with Crippen LogP contribution in [0.5, 0.6) is 0 Å². The van der Waals surface area contributed by atoms with Crippen LogP contribution in [0.4, 0.5) is 5.69 Å². The van der Waals surface area contributed by atoms with E-state index in [1.54, 1.807) is 35.0 Å². The van der Waals surface area contributed by atoms with E-state index >= 15 is 0 Å². The molecular formula is C25H21N3O3. The molecule has 1 aromatic heterocycles. The Balaban J connectivity index is 1.67. The maximum absolute atomic E-state index is 13.0. The molecule has 0 saturated carbocycles. The van der Waals surface area contributed by atoms with Crippen molar-refractivity contribution in [3.05, 3.63) is 101 Å². The van der Waals surface area contributed by atoms with Gasteiger partial charge in [-0.25, -0.2) is 9.48 Å². The number of hydrogen-bond donors (Lipinski definition) is 2. The Morgan fingerprint density at radius 3 is 2.32 bits per heavy atom. The molecule has 2 N–H and O–H groups in total. The first-order valence-corrected chi connectivity index (χ1v) is 9.80. The Labute approximate surface area is 179 Å². The van der Waals surface area contributed by atoms with E-state index in [1.165, 1.54) is 6.07 Å². The van der Waals surface area contributed by atoms with Crippen LogP contribution in [0.25, 0.3) is 16.8 Å². The number of rotatable bonds is 5. The lowest BCUT2D eigenvalue weighted by Crippen LogP contribution is -2.15. The first-order valence-electron chi connectivity index (χ1n) is 9.80. The van der Waals surface area contributed by atoms with Crippen LogP contribution in [-0.4, -0.2) is 26.8 Å². The van der Waals surface area contributed by atoms with Crippen LogP contribution in [0, 0.1) is 13.8 Å². The van der Waals surface area contributed by atoms with Crippen LogP contribution in [-0.2, 0) is 0 Å². The third-order valence-electron chi connectivity index (χ3n) is 4.97. The van der Waals surface area contributed by atoms with Crippen molar-refractivity contribution in [2.75, 3.05) is 5.32 Å². The van der Waals surface area contributed by atoms with Crippen LogP contribution < -0.4 is 5.32 Å². The molecule has 0 unspecified atom stereocenters. The number of carboxylic acid groups (broad SMARTS) is 1. The number of aromatic carboxylic acids is 1. The van der Waals surface area contributed by atoms with Crippen molar-refractivity contribution in [2.24, 2.45) is 0 Å². The molecule has 0 aliphatic rings. The molecule has 4 rings (SSSR count). The molecule has 0 bridgehead atoms. The average molecular weight is 411 g/mol. The van der Waals surface area contributed by atoms with Crippen molar-refractivity contribution in [2.45, 2.75) is 13.8 Å². The molecule has 1 heterocycles. The highest BCUT2D eigenvalue weighted by Gasteiger charge is 2.16. The monoisotopic (exact) mass is 411 g/mol. The van der Waals surface area contributed by atoms with Gasteiger partial charge >= 0.3 is 5.97 Å². The third kappa shape index (κ3) is 4.23. The Morgan fingerprint density at radius 2 is 1.65 bits per heavy atom. The topological polar surface area (TPSA) is 84.2 Å². The number of amides is 1. The predicted octanol–water partition coefficient (Wildman–Crippen LogP) is 5.11. The zero-order chi connectivity index (χ0) is 22.0. The molecule has 0 radical (unpaired) electrons. The molecule has 6 nitrogen and oxygen atoms in total. The number of hydrogen-bond acceptors (Lipinski definition) is 3. The van der Waals surface area contributed by atoms with Crippen molar-refractivity contribution < 1.29 is 14.7 Å². The fourth-order valence-corrected chi connectivity index (χ4v) is 3.51. The number of carbonyl (C=O) groups is 2. The molecule has 0 spiro atoms. The van der Waals surface area contributed by atoms with Crippen LogP contribution in [0.3, 0.4) is 0 Å². The summed E-state index contributed by atoms with van der Waals surface area (Å²) in [6.07, 6.45) is 0. The van der Waals surface area contributed by atoms with Crippen molar-refractivity contribution in [1.29, 1.82) is 0 Å². The molecular weight excluding hydrogens is 390 g/mol. The minimum absolute atomic E-state index is 0.0303. The highest BCUT2D eigenvalue weighted by Crippen LogP contribution is 2.26. The van der Waals surface area contributed by atoms with Crippen LogP contribution in [0.2, 0.25) is 0 Å². The van der Waals surface area contributed by atoms with Crippen molar-refractivity contribution in [3.8, 4) is 16.8 Å². The first-order chi connectivity index (χ1) is 14.9. The molecule has 1 amide bonds. The second-order valence-electron chi connectivity index (χ2n) is 7.27. The molecule has 0 aliphatic carbocycles. The highest BCUT2D eigenvalue weighted by atomic mass is 16.4. The van der Waals surface area contributed by atoms with Gasteiger partial charge in [0.2, 0.25) is 0 Å². The fourth-order valence-electron chi connectivity index (χ4n) is 3.51. The minimum Gasteiger partial charge on any atom is -0.478 e. The number of anilines is 1. The molecule has 31 heavy (non-hydrogen) atoms. The number of aromatic nitrogens is 2. The number of nitrogens with one attached hydrogen (secondary N) is 1. The van der Waals surface area contributed by atoms with E-state index in [0.717, 1.165) is 28.2 Å². The van der Waals surface area contributed by atoms with Gasteiger partial charge in [-0.3, -0.25) is 4.79 Å². The number of carbonyl (C=O) groups excluding carboxylic acids is 1. The summed E-state index contributed by atoms with van der Waals surface area (Å²) in [4.78, 5) is 24.7. The summed E-state index contributed by atoms with van der Waals surface area (Å²) in [5.41, 5.74) is 5.04. The summed E-state index contributed by atoms with van der Waals surface area (Å²) >= 11 is 0. The van der Waals surface area contributed by atoms with Crippen molar-refractivity contribution in [1.82, 2.24) is 9.78 Å². The second-order valence-corrected chi connectivity index (χ2v) is 7.27. The number of aryl methyl sites for hydroxylation is 2. The molecule has 0 saturated heterocycles. The van der Waals surface area contributed by atoms with Crippen molar-refractivity contribution >= 4 is 17.6 Å². The summed E-state index contributed by atoms with van der Waals surface area (Å²) in [6.45, 7) is 3.86. The molecule has 0 aliphatic heterocycles. The van der Waals surface area contributed by atoms with Gasteiger partial charge in [0.25, 0.3) is 5.91 Å². The van der Waals surface area contributed by atoms with Gasteiger partial charge < -0.3 is 10.4 Å². The normalized spacial score (nSPS) is 10.6. The smallest absolute Gasteiger partial charge is 0.337 e. The van der Waals surface area contributed by atoms with E-state index in [2.05, 4.69) is 10.4 Å². The Bertz CT molecular complexity index is 1280. The van der Waals surface area contributed by atoms with E-state index in [9.17, 15) is 14.7 Å². The zero-order valence-corrected chi connectivity index (χ0v) is 17.2. The van der Waals surface area contributed by atoms with Crippen LogP contribution >= 0.6 is 0 Å². The lowest BCUT2D eigenvalue weighted by atomic mass is 10.0. The minimum atomic E-state index is -1.11. The summed E-state index contributed by atoms with van der Waals surface area (Å²) in [6, 6.07) is 23.5. The van der Waals surface area contributed by atoms with E-state index in [-0.39, 0.29) is 11.3 Å². The second kappa shape index (κ2) is 8.28. The van der Waals surface area contributed by atoms with E-state index in [0.29, 0.717) is 5.56 Å². The average Bonchev–Trinajstić information content (AvgIpc) is 3.12. The van der Waals surface area contributed by atoms with Gasteiger partial charge in [-0.2, -0.15) is 5.10 Å². The lowest BCUT2D eigenvalue weighted by Gasteiger charge is -2.12. The Morgan fingerprint density at radius 1 is 0.871 bits per heavy atom. The fraction of sp³-hybridized carbons (Fsp3) is 0.0800. The number of nitrogens with zero attached hydrogens (tertiary/aromatic N) is 2. The van der Waals surface area contributed by atoms with Crippen molar-refractivity contribution in [3.63, 3.8) is 0 Å². The van der Waals surface area contributed by atoms with E-state index in [1.807, 2.05) is 56.3 Å². The summed E-state index contributed by atoms with van der Waals surface area (Å²) in [5.74, 6) is -1.50. The SMILES string of the molecule is Cc1cc(C)n(-c2cccc(C(=O)Nc3cc(-c4ccccc4)ccc3C(=O)O)c2)n1. The van der Waals surface area contributed by atoms with Gasteiger partial charge in [0.15, 0.2) is 0 Å². The lowest BCUT2D eigenvalue weighted by molar-refractivity contribution is 0.0698. The van der Waals surface area contributed by atoms with Gasteiger partial charge in [-0.1, -0.05) is 42.5 Å². The van der Waals surface area contributed by atoms with Gasteiger partial charge in [0.05, 0.1) is 22.6 Å². The first kappa shape index (κ1) is 20.1. The zero-order valence-electron chi connectivity index (χ0n) is 17.2.